The molecule has 1 heterocycles. The summed E-state index contributed by atoms with van der Waals surface area (Å²) in [6.45, 7) is 5.69. The lowest BCUT2D eigenvalue weighted by Crippen LogP contribution is -2.49. The predicted octanol–water partition coefficient (Wildman–Crippen LogP) is 2.42. The Morgan fingerprint density at radius 1 is 1.28 bits per heavy atom. The van der Waals surface area contributed by atoms with E-state index in [1.807, 2.05) is 17.0 Å². The number of benzene rings is 1. The average molecular weight is 345 g/mol. The number of rotatable bonds is 5. The number of amides is 1. The van der Waals surface area contributed by atoms with Crippen molar-refractivity contribution in [1.29, 1.82) is 0 Å². The molecule has 5 heteroatoms. The lowest BCUT2D eigenvalue weighted by atomic mass is 9.99. The minimum absolute atomic E-state index is 0.221. The van der Waals surface area contributed by atoms with Crippen LogP contribution in [0.1, 0.15) is 44.2 Å². The first kappa shape index (κ1) is 18.2. The van der Waals surface area contributed by atoms with Crippen LogP contribution >= 0.6 is 0 Å². The molecule has 0 bridgehead atoms. The smallest absolute Gasteiger partial charge is 0.222 e. The van der Waals surface area contributed by atoms with E-state index >= 15 is 0 Å². The first-order valence-electron chi connectivity index (χ1n) is 9.50. The highest BCUT2D eigenvalue weighted by atomic mass is 16.5. The highest BCUT2D eigenvalue weighted by Crippen LogP contribution is 2.28. The fourth-order valence-electron chi connectivity index (χ4n) is 4.14. The van der Waals surface area contributed by atoms with Crippen LogP contribution < -0.4 is 10.5 Å². The molecule has 2 fully saturated rings. The monoisotopic (exact) mass is 345 g/mol. The maximum Gasteiger partial charge on any atom is 0.222 e. The van der Waals surface area contributed by atoms with E-state index in [1.54, 1.807) is 7.11 Å². The Labute approximate surface area is 151 Å². The second-order valence-corrected chi connectivity index (χ2v) is 7.43. The van der Waals surface area contributed by atoms with Crippen LogP contribution in [0.2, 0.25) is 0 Å². The van der Waals surface area contributed by atoms with Gasteiger partial charge in [-0.2, -0.15) is 0 Å². The largest absolute Gasteiger partial charge is 0.497 e. The first-order chi connectivity index (χ1) is 12.1. The number of nitrogens with two attached hydrogens (primary N) is 1. The lowest BCUT2D eigenvalue weighted by molar-refractivity contribution is -0.134. The van der Waals surface area contributed by atoms with Gasteiger partial charge in [-0.25, -0.2) is 0 Å². The summed E-state index contributed by atoms with van der Waals surface area (Å²) in [4.78, 5) is 17.0. The van der Waals surface area contributed by atoms with Crippen molar-refractivity contribution in [2.24, 2.45) is 11.7 Å². The third kappa shape index (κ3) is 4.33. The molecule has 138 valence electrons. The molecule has 3 rings (SSSR count). The van der Waals surface area contributed by atoms with Gasteiger partial charge in [-0.15, -0.1) is 0 Å². The lowest BCUT2D eigenvalue weighted by Gasteiger charge is -2.38. The van der Waals surface area contributed by atoms with Crippen LogP contribution in [0.15, 0.2) is 24.3 Å². The fraction of sp³-hybridized carbons (Fsp3) is 0.650. The molecule has 0 aromatic heterocycles. The number of nitrogens with zero attached hydrogens (tertiary/aromatic N) is 2. The Morgan fingerprint density at radius 3 is 2.68 bits per heavy atom. The van der Waals surface area contributed by atoms with Crippen LogP contribution in [0.25, 0.3) is 0 Å². The first-order valence-corrected chi connectivity index (χ1v) is 9.50. The van der Waals surface area contributed by atoms with E-state index in [4.69, 9.17) is 10.5 Å². The molecule has 1 aromatic rings. The SMILES string of the molecule is COc1cccc(C(C)N2CCN(C(=O)C[C@@H]3CCC[C@H]3N)CC2)c1. The van der Waals surface area contributed by atoms with Crippen molar-refractivity contribution in [1.82, 2.24) is 9.80 Å². The summed E-state index contributed by atoms with van der Waals surface area (Å²) in [5.41, 5.74) is 7.38. The van der Waals surface area contributed by atoms with E-state index in [9.17, 15) is 4.79 Å². The Kier molecular flexibility index (Phi) is 5.97. The van der Waals surface area contributed by atoms with Gasteiger partial charge in [0.1, 0.15) is 5.75 Å². The van der Waals surface area contributed by atoms with Crippen LogP contribution in [0, 0.1) is 5.92 Å². The minimum Gasteiger partial charge on any atom is -0.497 e. The molecule has 1 amide bonds. The molecule has 3 atom stereocenters. The van der Waals surface area contributed by atoms with Crippen LogP contribution in [-0.2, 0) is 4.79 Å². The molecule has 5 nitrogen and oxygen atoms in total. The molecule has 25 heavy (non-hydrogen) atoms. The van der Waals surface area contributed by atoms with E-state index in [1.165, 1.54) is 12.0 Å². The van der Waals surface area contributed by atoms with Gasteiger partial charge >= 0.3 is 0 Å². The molecule has 1 aliphatic carbocycles. The zero-order chi connectivity index (χ0) is 17.8. The van der Waals surface area contributed by atoms with Gasteiger partial charge < -0.3 is 15.4 Å². The molecule has 1 unspecified atom stereocenters. The summed E-state index contributed by atoms with van der Waals surface area (Å²) in [5.74, 6) is 1.57. The number of carbonyl (C=O) groups excluding carboxylic acids is 1. The molecule has 1 aromatic carbocycles. The fourth-order valence-corrected chi connectivity index (χ4v) is 4.14. The summed E-state index contributed by atoms with van der Waals surface area (Å²) in [6.07, 6.45) is 3.99. The van der Waals surface area contributed by atoms with E-state index in [0.717, 1.165) is 44.8 Å². The number of hydrogen-bond donors (Lipinski definition) is 1. The third-order valence-electron chi connectivity index (χ3n) is 5.95. The second kappa shape index (κ2) is 8.19. The molecule has 1 saturated carbocycles. The molecular weight excluding hydrogens is 314 g/mol. The predicted molar refractivity (Wildman–Crippen MR) is 99.5 cm³/mol. The molecule has 1 aliphatic heterocycles. The zero-order valence-electron chi connectivity index (χ0n) is 15.5. The third-order valence-corrected chi connectivity index (χ3v) is 5.95. The molecule has 0 radical (unpaired) electrons. The van der Waals surface area contributed by atoms with E-state index in [-0.39, 0.29) is 11.9 Å². The number of carbonyl (C=O) groups is 1. The van der Waals surface area contributed by atoms with Crippen molar-refractivity contribution in [3.8, 4) is 5.75 Å². The number of methoxy groups -OCH3 is 1. The van der Waals surface area contributed by atoms with E-state index in [0.29, 0.717) is 18.4 Å². The topological polar surface area (TPSA) is 58.8 Å². The standard InChI is InChI=1S/C20H31N3O2/c1-15(16-5-3-7-18(13-16)25-2)22-9-11-23(12-10-22)20(24)14-17-6-4-8-19(17)21/h3,5,7,13,15,17,19H,4,6,8-12,14,21H2,1-2H3/t15?,17-,19+/m0/s1. The molecule has 1 saturated heterocycles. The number of hydrogen-bond acceptors (Lipinski definition) is 4. The number of ether oxygens (including phenoxy) is 1. The van der Waals surface area contributed by atoms with Gasteiger partial charge in [-0.05, 0) is 43.4 Å². The summed E-state index contributed by atoms with van der Waals surface area (Å²) in [6, 6.07) is 8.81. The van der Waals surface area contributed by atoms with E-state index in [2.05, 4.69) is 24.0 Å². The molecular formula is C20H31N3O2. The van der Waals surface area contributed by atoms with Crippen molar-refractivity contribution in [3.05, 3.63) is 29.8 Å². The van der Waals surface area contributed by atoms with Crippen LogP contribution in [0.3, 0.4) is 0 Å². The van der Waals surface area contributed by atoms with Crippen molar-refractivity contribution in [2.45, 2.75) is 44.7 Å². The van der Waals surface area contributed by atoms with Crippen molar-refractivity contribution in [2.75, 3.05) is 33.3 Å². The van der Waals surface area contributed by atoms with Gasteiger partial charge in [0, 0.05) is 44.7 Å². The summed E-state index contributed by atoms with van der Waals surface area (Å²) in [7, 11) is 1.70. The summed E-state index contributed by atoms with van der Waals surface area (Å²) >= 11 is 0. The highest BCUT2D eigenvalue weighted by molar-refractivity contribution is 5.76. The summed E-state index contributed by atoms with van der Waals surface area (Å²) in [5, 5.41) is 0. The number of piperazine rings is 1. The van der Waals surface area contributed by atoms with Gasteiger partial charge in [0.05, 0.1) is 7.11 Å². The van der Waals surface area contributed by atoms with Crippen LogP contribution in [0.4, 0.5) is 0 Å². The van der Waals surface area contributed by atoms with Crippen molar-refractivity contribution < 1.29 is 9.53 Å². The minimum atomic E-state index is 0.221. The van der Waals surface area contributed by atoms with Crippen LogP contribution in [-0.4, -0.2) is 55.0 Å². The van der Waals surface area contributed by atoms with Crippen molar-refractivity contribution >= 4 is 5.91 Å². The van der Waals surface area contributed by atoms with Gasteiger partial charge in [0.25, 0.3) is 0 Å². The van der Waals surface area contributed by atoms with Gasteiger partial charge in [-0.3, -0.25) is 9.69 Å². The molecule has 0 spiro atoms. The quantitative estimate of drug-likeness (QED) is 0.890. The Bertz CT molecular complexity index is 584. The van der Waals surface area contributed by atoms with Gasteiger partial charge in [0.2, 0.25) is 5.91 Å². The maximum atomic E-state index is 12.6. The van der Waals surface area contributed by atoms with Crippen molar-refractivity contribution in [3.63, 3.8) is 0 Å². The molecule has 2 N–H and O–H groups in total. The Balaban J connectivity index is 1.51. The average Bonchev–Trinajstić information content (AvgIpc) is 3.06. The van der Waals surface area contributed by atoms with Gasteiger partial charge in [0.15, 0.2) is 0 Å². The maximum absolute atomic E-state index is 12.6. The Morgan fingerprint density at radius 2 is 2.04 bits per heavy atom. The van der Waals surface area contributed by atoms with Gasteiger partial charge in [-0.1, -0.05) is 18.6 Å². The summed E-state index contributed by atoms with van der Waals surface area (Å²) < 4.78 is 5.33. The highest BCUT2D eigenvalue weighted by Gasteiger charge is 2.30. The second-order valence-electron chi connectivity index (χ2n) is 7.43. The van der Waals surface area contributed by atoms with E-state index < -0.39 is 0 Å². The Hall–Kier alpha value is -1.59. The molecule has 2 aliphatic rings. The zero-order valence-corrected chi connectivity index (χ0v) is 15.5. The normalized spacial score (nSPS) is 25.8. The van der Waals surface area contributed by atoms with Crippen LogP contribution in [0.5, 0.6) is 5.75 Å².